The van der Waals surface area contributed by atoms with Crippen molar-refractivity contribution in [2.75, 3.05) is 14.1 Å². The first kappa shape index (κ1) is 20.9. The molecule has 0 aromatic heterocycles. The molecule has 0 heterocycles. The summed E-state index contributed by atoms with van der Waals surface area (Å²) in [6.07, 6.45) is 3.51. The van der Waals surface area contributed by atoms with E-state index < -0.39 is 0 Å². The fourth-order valence-corrected chi connectivity index (χ4v) is 3.05. The number of likely N-dealkylation sites (N-methyl/N-ethyl adjacent to an activating group) is 1. The minimum absolute atomic E-state index is 0.0450. The van der Waals surface area contributed by atoms with Crippen LogP contribution >= 0.6 is 0 Å². The van der Waals surface area contributed by atoms with Crippen molar-refractivity contribution in [1.82, 2.24) is 4.90 Å². The second-order valence-electron chi connectivity index (χ2n) is 7.81. The Bertz CT molecular complexity index is 733. The largest absolute Gasteiger partial charge is 0.347 e. The molecule has 0 aliphatic heterocycles. The Morgan fingerprint density at radius 1 is 0.926 bits per heavy atom. The highest BCUT2D eigenvalue weighted by molar-refractivity contribution is 5.83. The Balaban J connectivity index is 2.04. The molecule has 2 rings (SSSR count). The second kappa shape index (κ2) is 10.1. The molecule has 3 nitrogen and oxygen atoms in total. The van der Waals surface area contributed by atoms with E-state index in [9.17, 15) is 4.79 Å². The van der Waals surface area contributed by atoms with E-state index in [0.717, 1.165) is 12.0 Å². The van der Waals surface area contributed by atoms with Crippen LogP contribution in [-0.2, 0) is 17.6 Å². The van der Waals surface area contributed by atoms with Crippen molar-refractivity contribution in [3.8, 4) is 0 Å². The van der Waals surface area contributed by atoms with Crippen molar-refractivity contribution in [3.05, 3.63) is 71.3 Å². The van der Waals surface area contributed by atoms with Crippen LogP contribution in [0.5, 0.6) is 0 Å². The van der Waals surface area contributed by atoms with E-state index in [0.29, 0.717) is 12.3 Å². The van der Waals surface area contributed by atoms with Gasteiger partial charge in [-0.3, -0.25) is 9.79 Å². The summed E-state index contributed by atoms with van der Waals surface area (Å²) in [4.78, 5) is 18.8. The average molecular weight is 365 g/mol. The summed E-state index contributed by atoms with van der Waals surface area (Å²) >= 11 is 0. The number of hydrogen-bond donors (Lipinski definition) is 0. The number of amides is 1. The number of nitrogens with zero attached hydrogens (tertiary/aromatic N) is 2. The monoisotopic (exact) mass is 364 g/mol. The first-order valence-electron chi connectivity index (χ1n) is 9.74. The number of benzene rings is 2. The number of carbonyl (C=O) groups excluding carboxylic acids is 1. The van der Waals surface area contributed by atoms with E-state index >= 15 is 0 Å². The van der Waals surface area contributed by atoms with E-state index in [1.807, 2.05) is 36.5 Å². The minimum Gasteiger partial charge on any atom is -0.347 e. The van der Waals surface area contributed by atoms with Crippen LogP contribution in [0.25, 0.3) is 0 Å². The van der Waals surface area contributed by atoms with Gasteiger partial charge in [0.05, 0.1) is 0 Å². The highest BCUT2D eigenvalue weighted by atomic mass is 16.2. The molecule has 0 bridgehead atoms. The fourth-order valence-electron chi connectivity index (χ4n) is 3.05. The molecule has 0 radical (unpaired) electrons. The van der Waals surface area contributed by atoms with Crippen LogP contribution in [0.3, 0.4) is 0 Å². The van der Waals surface area contributed by atoms with Crippen LogP contribution in [-0.4, -0.2) is 37.2 Å². The molecule has 0 N–H and O–H groups in total. The molecular weight excluding hydrogens is 332 g/mol. The van der Waals surface area contributed by atoms with Gasteiger partial charge in [0, 0.05) is 26.7 Å². The van der Waals surface area contributed by atoms with Gasteiger partial charge in [-0.05, 0) is 34.9 Å². The molecule has 2 aromatic rings. The van der Waals surface area contributed by atoms with Crippen molar-refractivity contribution in [3.63, 3.8) is 0 Å². The lowest BCUT2D eigenvalue weighted by molar-refractivity contribution is -0.129. The molecule has 27 heavy (non-hydrogen) atoms. The van der Waals surface area contributed by atoms with E-state index in [1.54, 1.807) is 19.0 Å². The lowest BCUT2D eigenvalue weighted by Crippen LogP contribution is -2.34. The zero-order valence-electron chi connectivity index (χ0n) is 17.2. The van der Waals surface area contributed by atoms with Crippen LogP contribution in [0.2, 0.25) is 0 Å². The van der Waals surface area contributed by atoms with Gasteiger partial charge in [0.15, 0.2) is 0 Å². The first-order chi connectivity index (χ1) is 12.9. The first-order valence-corrected chi connectivity index (χ1v) is 9.74. The van der Waals surface area contributed by atoms with Crippen LogP contribution in [0.4, 0.5) is 0 Å². The number of rotatable bonds is 8. The normalized spacial score (nSPS) is 13.7. The maximum Gasteiger partial charge on any atom is 0.247 e. The lowest BCUT2D eigenvalue weighted by atomic mass is 9.97. The van der Waals surface area contributed by atoms with Gasteiger partial charge in [-0.25, -0.2) is 0 Å². The lowest BCUT2D eigenvalue weighted by Gasteiger charge is -2.18. The number of hydrogen-bond acceptors (Lipinski definition) is 2. The molecule has 0 saturated carbocycles. The molecule has 1 amide bonds. The van der Waals surface area contributed by atoms with Crippen molar-refractivity contribution in [2.24, 2.45) is 10.9 Å². The SMILES string of the molecule is CC(/C=N/C(Cc1ccccc1)C(=O)N(C)C)Cc1ccc(C(C)C)cc1. The number of aliphatic imine (C=N–C) groups is 1. The van der Waals surface area contributed by atoms with E-state index in [-0.39, 0.29) is 17.9 Å². The number of carbonyl (C=O) groups is 1. The third-order valence-corrected chi connectivity index (χ3v) is 4.72. The van der Waals surface area contributed by atoms with Crippen LogP contribution in [0.15, 0.2) is 59.6 Å². The summed E-state index contributed by atoms with van der Waals surface area (Å²) in [6, 6.07) is 18.5. The summed E-state index contributed by atoms with van der Waals surface area (Å²) in [6.45, 7) is 6.57. The summed E-state index contributed by atoms with van der Waals surface area (Å²) in [5, 5.41) is 0. The van der Waals surface area contributed by atoms with Gasteiger partial charge in [-0.15, -0.1) is 0 Å². The van der Waals surface area contributed by atoms with Gasteiger partial charge >= 0.3 is 0 Å². The predicted molar refractivity (Wildman–Crippen MR) is 115 cm³/mol. The van der Waals surface area contributed by atoms with E-state index in [4.69, 9.17) is 0 Å². The molecule has 2 aromatic carbocycles. The van der Waals surface area contributed by atoms with Gasteiger partial charge in [0.2, 0.25) is 5.91 Å². The van der Waals surface area contributed by atoms with Gasteiger partial charge in [-0.1, -0.05) is 75.4 Å². The van der Waals surface area contributed by atoms with Crippen molar-refractivity contribution in [2.45, 2.75) is 45.6 Å². The maximum absolute atomic E-state index is 12.5. The average Bonchev–Trinajstić information content (AvgIpc) is 2.65. The molecule has 0 spiro atoms. The van der Waals surface area contributed by atoms with Crippen molar-refractivity contribution in [1.29, 1.82) is 0 Å². The van der Waals surface area contributed by atoms with Gasteiger partial charge in [0.25, 0.3) is 0 Å². The predicted octanol–water partition coefficient (Wildman–Crippen LogP) is 4.76. The molecule has 2 unspecified atom stereocenters. The topological polar surface area (TPSA) is 32.7 Å². The summed E-state index contributed by atoms with van der Waals surface area (Å²) in [5.74, 6) is 0.876. The minimum atomic E-state index is -0.367. The fraction of sp³-hybridized carbons (Fsp3) is 0.417. The second-order valence-corrected chi connectivity index (χ2v) is 7.81. The Morgan fingerprint density at radius 3 is 2.07 bits per heavy atom. The molecule has 0 aliphatic rings. The molecular formula is C24H32N2O. The highest BCUT2D eigenvalue weighted by Gasteiger charge is 2.19. The van der Waals surface area contributed by atoms with Crippen LogP contribution in [0, 0.1) is 5.92 Å². The van der Waals surface area contributed by atoms with Gasteiger partial charge < -0.3 is 4.90 Å². The quantitative estimate of drug-likeness (QED) is 0.622. The van der Waals surface area contributed by atoms with Gasteiger partial charge in [0.1, 0.15) is 6.04 Å². The van der Waals surface area contributed by atoms with E-state index in [1.165, 1.54) is 11.1 Å². The third-order valence-electron chi connectivity index (χ3n) is 4.72. The summed E-state index contributed by atoms with van der Waals surface area (Å²) in [5.41, 5.74) is 3.79. The molecule has 2 atom stereocenters. The summed E-state index contributed by atoms with van der Waals surface area (Å²) in [7, 11) is 3.57. The van der Waals surface area contributed by atoms with Crippen molar-refractivity contribution < 1.29 is 4.79 Å². The van der Waals surface area contributed by atoms with Crippen LogP contribution in [0.1, 0.15) is 43.4 Å². The zero-order chi connectivity index (χ0) is 19.8. The smallest absolute Gasteiger partial charge is 0.247 e. The standard InChI is InChI=1S/C24H32N2O/c1-18(2)22-13-11-21(12-14-22)15-19(3)17-25-23(24(27)26(4)5)16-20-9-7-6-8-10-20/h6-14,17-19,23H,15-16H2,1-5H3/b25-17+. The molecule has 0 aliphatic carbocycles. The maximum atomic E-state index is 12.5. The zero-order valence-corrected chi connectivity index (χ0v) is 17.2. The highest BCUT2D eigenvalue weighted by Crippen LogP contribution is 2.16. The Kier molecular flexibility index (Phi) is 7.78. The Labute approximate surface area is 164 Å². The van der Waals surface area contributed by atoms with Crippen LogP contribution < -0.4 is 0 Å². The molecule has 0 fully saturated rings. The Morgan fingerprint density at radius 2 is 1.52 bits per heavy atom. The van der Waals surface area contributed by atoms with E-state index in [2.05, 4.69) is 50.0 Å². The summed E-state index contributed by atoms with van der Waals surface area (Å²) < 4.78 is 0. The molecule has 144 valence electrons. The van der Waals surface area contributed by atoms with Gasteiger partial charge in [-0.2, -0.15) is 0 Å². The Hall–Kier alpha value is -2.42. The third kappa shape index (κ3) is 6.67. The molecule has 3 heteroatoms. The van der Waals surface area contributed by atoms with Crippen molar-refractivity contribution >= 4 is 12.1 Å². The molecule has 0 saturated heterocycles.